The number of furan rings is 1. The molecule has 1 saturated heterocycles. The van der Waals surface area contributed by atoms with E-state index in [9.17, 15) is 0 Å². The smallest absolute Gasteiger partial charge is 0.471 e. The van der Waals surface area contributed by atoms with E-state index in [-0.39, 0.29) is 11.2 Å². The molecule has 1 aliphatic rings. The van der Waals surface area contributed by atoms with E-state index >= 15 is 0 Å². The molecule has 3 heterocycles. The lowest BCUT2D eigenvalue weighted by molar-refractivity contribution is 0.00578. The van der Waals surface area contributed by atoms with Gasteiger partial charge in [-0.25, -0.2) is 4.98 Å². The molecule has 0 aromatic carbocycles. The monoisotopic (exact) mass is 274 g/mol. The van der Waals surface area contributed by atoms with Crippen molar-refractivity contribution in [1.82, 2.24) is 9.55 Å². The predicted molar refractivity (Wildman–Crippen MR) is 76.3 cm³/mol. The Kier molecular flexibility index (Phi) is 2.85. The van der Waals surface area contributed by atoms with Crippen molar-refractivity contribution < 1.29 is 13.7 Å². The lowest BCUT2D eigenvalue weighted by Gasteiger charge is -2.32. The average Bonchev–Trinajstić information content (AvgIpc) is 2.98. The van der Waals surface area contributed by atoms with E-state index in [2.05, 4.69) is 4.98 Å². The first-order chi connectivity index (χ1) is 9.28. The molecule has 20 heavy (non-hydrogen) atoms. The third-order valence-corrected chi connectivity index (χ3v) is 4.10. The van der Waals surface area contributed by atoms with Gasteiger partial charge in [-0.1, -0.05) is 0 Å². The molecule has 1 aliphatic heterocycles. The lowest BCUT2D eigenvalue weighted by Crippen LogP contribution is -2.41. The number of aryl methyl sites for hydroxylation is 1. The lowest BCUT2D eigenvalue weighted by atomic mass is 9.86. The Hall–Kier alpha value is -1.53. The second kappa shape index (κ2) is 4.23. The van der Waals surface area contributed by atoms with Crippen LogP contribution in [-0.4, -0.2) is 27.9 Å². The van der Waals surface area contributed by atoms with E-state index in [1.807, 2.05) is 51.4 Å². The van der Waals surface area contributed by atoms with Crippen LogP contribution in [0.1, 0.15) is 33.4 Å². The second-order valence-electron chi connectivity index (χ2n) is 6.22. The molecule has 0 radical (unpaired) electrons. The number of hydrogen-bond donors (Lipinski definition) is 0. The molecule has 0 spiro atoms. The predicted octanol–water partition coefficient (Wildman–Crippen LogP) is 2.07. The van der Waals surface area contributed by atoms with E-state index < -0.39 is 7.12 Å². The zero-order valence-corrected chi connectivity index (χ0v) is 12.5. The van der Waals surface area contributed by atoms with Gasteiger partial charge in [-0.05, 0) is 34.6 Å². The van der Waals surface area contributed by atoms with Crippen LogP contribution in [0.5, 0.6) is 0 Å². The van der Waals surface area contributed by atoms with Crippen LogP contribution in [0, 0.1) is 6.92 Å². The molecule has 0 saturated carbocycles. The summed E-state index contributed by atoms with van der Waals surface area (Å²) >= 11 is 0. The summed E-state index contributed by atoms with van der Waals surface area (Å²) in [5, 5.41) is 0. The van der Waals surface area contributed by atoms with Gasteiger partial charge in [0.15, 0.2) is 0 Å². The Labute approximate surface area is 119 Å². The third kappa shape index (κ3) is 2.09. The minimum Gasteiger partial charge on any atom is -0.471 e. The number of imidazole rings is 1. The van der Waals surface area contributed by atoms with Crippen LogP contribution in [-0.2, 0) is 9.31 Å². The maximum atomic E-state index is 5.96. The molecule has 0 bridgehead atoms. The SMILES string of the molecule is Cc1cn(-c2coc(B3OC(C)(C)C(C)(C)O3)c2)cn1. The van der Waals surface area contributed by atoms with Gasteiger partial charge in [0, 0.05) is 12.3 Å². The van der Waals surface area contributed by atoms with Crippen LogP contribution in [0.15, 0.2) is 29.3 Å². The van der Waals surface area contributed by atoms with Crippen molar-refractivity contribution in [3.05, 3.63) is 30.5 Å². The van der Waals surface area contributed by atoms with Gasteiger partial charge >= 0.3 is 7.12 Å². The van der Waals surface area contributed by atoms with Gasteiger partial charge < -0.3 is 18.3 Å². The van der Waals surface area contributed by atoms with E-state index in [1.165, 1.54) is 0 Å². The highest BCUT2D eigenvalue weighted by Crippen LogP contribution is 2.36. The maximum absolute atomic E-state index is 5.96. The highest BCUT2D eigenvalue weighted by atomic mass is 16.7. The quantitative estimate of drug-likeness (QED) is 0.787. The van der Waals surface area contributed by atoms with E-state index in [0.717, 1.165) is 11.4 Å². The Balaban J connectivity index is 1.85. The molecule has 2 aromatic heterocycles. The van der Waals surface area contributed by atoms with Crippen LogP contribution < -0.4 is 5.66 Å². The molecule has 0 N–H and O–H groups in total. The van der Waals surface area contributed by atoms with Crippen molar-refractivity contribution >= 4 is 12.8 Å². The van der Waals surface area contributed by atoms with Gasteiger partial charge in [-0.3, -0.25) is 0 Å². The number of rotatable bonds is 2. The first-order valence-corrected chi connectivity index (χ1v) is 6.73. The van der Waals surface area contributed by atoms with Gasteiger partial charge in [-0.2, -0.15) is 0 Å². The van der Waals surface area contributed by atoms with Crippen LogP contribution in [0.25, 0.3) is 5.69 Å². The van der Waals surface area contributed by atoms with Crippen molar-refractivity contribution in [3.63, 3.8) is 0 Å². The first-order valence-electron chi connectivity index (χ1n) is 6.73. The average molecular weight is 274 g/mol. The number of nitrogens with zero attached hydrogens (tertiary/aromatic N) is 2. The van der Waals surface area contributed by atoms with Crippen molar-refractivity contribution in [3.8, 4) is 5.69 Å². The van der Waals surface area contributed by atoms with Crippen molar-refractivity contribution in [2.45, 2.75) is 45.8 Å². The molecular formula is C14H19BN2O3. The fourth-order valence-electron chi connectivity index (χ4n) is 2.12. The Bertz CT molecular complexity index is 614. The first kappa shape index (κ1) is 13.5. The minimum atomic E-state index is -0.474. The molecule has 3 rings (SSSR count). The van der Waals surface area contributed by atoms with Gasteiger partial charge in [-0.15, -0.1) is 0 Å². The van der Waals surface area contributed by atoms with Crippen molar-refractivity contribution in [2.24, 2.45) is 0 Å². The molecule has 106 valence electrons. The molecular weight excluding hydrogens is 255 g/mol. The van der Waals surface area contributed by atoms with E-state index in [0.29, 0.717) is 5.66 Å². The molecule has 5 nitrogen and oxygen atoms in total. The van der Waals surface area contributed by atoms with E-state index in [1.54, 1.807) is 12.6 Å². The minimum absolute atomic E-state index is 0.365. The van der Waals surface area contributed by atoms with Crippen LogP contribution in [0.2, 0.25) is 0 Å². The summed E-state index contributed by atoms with van der Waals surface area (Å²) in [6, 6.07) is 1.92. The van der Waals surface area contributed by atoms with Gasteiger partial charge in [0.1, 0.15) is 11.9 Å². The summed E-state index contributed by atoms with van der Waals surface area (Å²) in [4.78, 5) is 4.20. The van der Waals surface area contributed by atoms with Crippen LogP contribution in [0.3, 0.4) is 0 Å². The summed E-state index contributed by atoms with van der Waals surface area (Å²) in [5.41, 5.74) is 1.82. The fourth-order valence-corrected chi connectivity index (χ4v) is 2.12. The summed E-state index contributed by atoms with van der Waals surface area (Å²) in [6.45, 7) is 10.0. The highest BCUT2D eigenvalue weighted by Gasteiger charge is 2.53. The third-order valence-electron chi connectivity index (χ3n) is 4.10. The summed E-state index contributed by atoms with van der Waals surface area (Å²) in [6.07, 6.45) is 5.38. The summed E-state index contributed by atoms with van der Waals surface area (Å²) in [5.74, 6) is 0. The normalized spacial score (nSPS) is 20.6. The van der Waals surface area contributed by atoms with Crippen molar-refractivity contribution in [2.75, 3.05) is 0 Å². The van der Waals surface area contributed by atoms with Crippen LogP contribution >= 0.6 is 0 Å². The topological polar surface area (TPSA) is 49.4 Å². The van der Waals surface area contributed by atoms with Crippen LogP contribution in [0.4, 0.5) is 0 Å². The van der Waals surface area contributed by atoms with Gasteiger partial charge in [0.25, 0.3) is 0 Å². The molecule has 6 heteroatoms. The van der Waals surface area contributed by atoms with Crippen molar-refractivity contribution in [1.29, 1.82) is 0 Å². The molecule has 0 amide bonds. The summed E-state index contributed by atoms with van der Waals surface area (Å²) in [7, 11) is -0.474. The Morgan fingerprint density at radius 1 is 1.15 bits per heavy atom. The standard InChI is InChI=1S/C14H19BN2O3/c1-10-7-17(9-16-10)11-6-12(18-8-11)15-19-13(2,3)14(4,5)20-15/h6-9H,1-5H3. The number of hydrogen-bond acceptors (Lipinski definition) is 4. The largest absolute Gasteiger partial charge is 0.532 e. The number of aromatic nitrogens is 2. The molecule has 0 atom stereocenters. The van der Waals surface area contributed by atoms with E-state index in [4.69, 9.17) is 13.7 Å². The maximum Gasteiger partial charge on any atom is 0.532 e. The van der Waals surface area contributed by atoms with Gasteiger partial charge in [0.2, 0.25) is 0 Å². The van der Waals surface area contributed by atoms with Gasteiger partial charge in [0.05, 0.1) is 28.9 Å². The zero-order valence-electron chi connectivity index (χ0n) is 12.5. The molecule has 0 aliphatic carbocycles. The fraction of sp³-hybridized carbons (Fsp3) is 0.500. The summed E-state index contributed by atoms with van der Waals surface area (Å²) < 4.78 is 19.4. The Morgan fingerprint density at radius 3 is 2.35 bits per heavy atom. The second-order valence-corrected chi connectivity index (χ2v) is 6.22. The highest BCUT2D eigenvalue weighted by molar-refractivity contribution is 6.60. The molecule has 2 aromatic rings. The Morgan fingerprint density at radius 2 is 1.80 bits per heavy atom. The molecule has 1 fully saturated rings. The zero-order chi connectivity index (χ0) is 14.5. The molecule has 0 unspecified atom stereocenters.